The van der Waals surface area contributed by atoms with E-state index in [-0.39, 0.29) is 18.2 Å². The molecule has 0 aliphatic carbocycles. The van der Waals surface area contributed by atoms with Crippen LogP contribution in [0.25, 0.3) is 0 Å². The molecule has 8 heteroatoms. The number of carbonyl (C=O) groups excluding carboxylic acids is 2. The molecule has 0 bridgehead atoms. The molecule has 5 rings (SSSR count). The van der Waals surface area contributed by atoms with Crippen molar-refractivity contribution in [3.8, 4) is 11.5 Å². The zero-order chi connectivity index (χ0) is 22.8. The lowest BCUT2D eigenvalue weighted by Crippen LogP contribution is -2.46. The summed E-state index contributed by atoms with van der Waals surface area (Å²) in [7, 11) is 0. The van der Waals surface area contributed by atoms with Crippen LogP contribution < -0.4 is 24.6 Å². The molecule has 1 atom stereocenters. The van der Waals surface area contributed by atoms with Gasteiger partial charge in [-0.1, -0.05) is 6.92 Å². The Labute approximate surface area is 194 Å². The minimum Gasteiger partial charge on any atom is -0.486 e. The van der Waals surface area contributed by atoms with Crippen LogP contribution in [0.4, 0.5) is 17.1 Å². The first-order valence-electron chi connectivity index (χ1n) is 11.7. The average molecular weight is 451 g/mol. The zero-order valence-electron chi connectivity index (χ0n) is 19.0. The third kappa shape index (κ3) is 4.61. The van der Waals surface area contributed by atoms with E-state index in [0.29, 0.717) is 31.3 Å². The molecule has 0 saturated carbocycles. The van der Waals surface area contributed by atoms with E-state index in [4.69, 9.17) is 9.47 Å². The van der Waals surface area contributed by atoms with Crippen molar-refractivity contribution in [2.24, 2.45) is 5.92 Å². The molecule has 3 heterocycles. The first-order chi connectivity index (χ1) is 16.1. The zero-order valence-corrected chi connectivity index (χ0v) is 19.0. The van der Waals surface area contributed by atoms with Crippen molar-refractivity contribution in [2.75, 3.05) is 67.6 Å². The molecule has 0 radical (unpaired) electrons. The van der Waals surface area contributed by atoms with Gasteiger partial charge < -0.3 is 29.5 Å². The summed E-state index contributed by atoms with van der Waals surface area (Å²) in [5, 5.41) is 2.98. The maximum atomic E-state index is 12.9. The summed E-state index contributed by atoms with van der Waals surface area (Å²) in [5.41, 5.74) is 2.65. The Morgan fingerprint density at radius 1 is 0.970 bits per heavy atom. The van der Waals surface area contributed by atoms with Crippen LogP contribution >= 0.6 is 0 Å². The van der Waals surface area contributed by atoms with Crippen molar-refractivity contribution in [3.63, 3.8) is 0 Å². The van der Waals surface area contributed by atoms with Gasteiger partial charge >= 0.3 is 0 Å². The van der Waals surface area contributed by atoms with Crippen LogP contribution in [-0.2, 0) is 9.59 Å². The summed E-state index contributed by atoms with van der Waals surface area (Å²) in [4.78, 5) is 32.0. The van der Waals surface area contributed by atoms with Gasteiger partial charge in [-0.3, -0.25) is 9.59 Å². The number of fused-ring (bicyclic) bond motifs is 1. The standard InChI is InChI=1S/C25H30N4O4/c1-2-27-9-11-28(12-10-27)20-5-3-19(4-6-20)26-25(31)18-15-24(30)29(17-18)21-7-8-22-23(16-21)33-14-13-32-22/h3-8,16,18H,2,9-15,17H2,1H3,(H,26,31). The van der Waals surface area contributed by atoms with Crippen molar-refractivity contribution < 1.29 is 19.1 Å². The molecule has 2 saturated heterocycles. The van der Waals surface area contributed by atoms with Gasteiger partial charge in [0.25, 0.3) is 0 Å². The van der Waals surface area contributed by atoms with E-state index in [2.05, 4.69) is 34.2 Å². The second-order valence-electron chi connectivity index (χ2n) is 8.69. The highest BCUT2D eigenvalue weighted by Gasteiger charge is 2.35. The summed E-state index contributed by atoms with van der Waals surface area (Å²) in [6.07, 6.45) is 0.195. The van der Waals surface area contributed by atoms with Crippen LogP contribution in [-0.4, -0.2) is 69.2 Å². The van der Waals surface area contributed by atoms with Crippen LogP contribution in [0, 0.1) is 5.92 Å². The van der Waals surface area contributed by atoms with Crippen LogP contribution in [0.5, 0.6) is 11.5 Å². The van der Waals surface area contributed by atoms with Gasteiger partial charge in [-0.2, -0.15) is 0 Å². The molecule has 0 spiro atoms. The Kier molecular flexibility index (Phi) is 6.09. The quantitative estimate of drug-likeness (QED) is 0.755. The normalized spacial score (nSPS) is 20.8. The second-order valence-corrected chi connectivity index (χ2v) is 8.69. The third-order valence-electron chi connectivity index (χ3n) is 6.65. The molecule has 1 unspecified atom stereocenters. The van der Waals surface area contributed by atoms with E-state index in [1.54, 1.807) is 4.90 Å². The Hall–Kier alpha value is -3.26. The van der Waals surface area contributed by atoms with Crippen LogP contribution in [0.3, 0.4) is 0 Å². The fourth-order valence-electron chi connectivity index (χ4n) is 4.65. The lowest BCUT2D eigenvalue weighted by Gasteiger charge is -2.35. The van der Waals surface area contributed by atoms with Crippen molar-refractivity contribution >= 4 is 28.9 Å². The Bertz CT molecular complexity index is 1020. The molecule has 2 aromatic rings. The van der Waals surface area contributed by atoms with E-state index >= 15 is 0 Å². The van der Waals surface area contributed by atoms with Crippen molar-refractivity contribution in [1.82, 2.24) is 4.90 Å². The Morgan fingerprint density at radius 2 is 1.67 bits per heavy atom. The topological polar surface area (TPSA) is 74.4 Å². The maximum Gasteiger partial charge on any atom is 0.229 e. The number of anilines is 3. The number of nitrogens with zero attached hydrogens (tertiary/aromatic N) is 3. The maximum absolute atomic E-state index is 12.9. The molecular weight excluding hydrogens is 420 g/mol. The van der Waals surface area contributed by atoms with Gasteiger partial charge in [-0.05, 0) is 42.9 Å². The van der Waals surface area contributed by atoms with Gasteiger partial charge in [-0.25, -0.2) is 0 Å². The SMILES string of the molecule is CCN1CCN(c2ccc(NC(=O)C3CC(=O)N(c4ccc5c(c4)OCCO5)C3)cc2)CC1. The third-order valence-corrected chi connectivity index (χ3v) is 6.65. The van der Waals surface area contributed by atoms with Crippen LogP contribution in [0.2, 0.25) is 0 Å². The molecule has 0 aromatic heterocycles. The molecule has 2 aromatic carbocycles. The summed E-state index contributed by atoms with van der Waals surface area (Å²) >= 11 is 0. The number of piperazine rings is 1. The first kappa shape index (κ1) is 21.6. The number of amides is 2. The fraction of sp³-hybridized carbons (Fsp3) is 0.440. The highest BCUT2D eigenvalue weighted by Crippen LogP contribution is 2.36. The molecule has 1 N–H and O–H groups in total. The summed E-state index contributed by atoms with van der Waals surface area (Å²) < 4.78 is 11.2. The number of hydrogen-bond donors (Lipinski definition) is 1. The largest absolute Gasteiger partial charge is 0.486 e. The molecule has 8 nitrogen and oxygen atoms in total. The molecule has 2 amide bonds. The monoisotopic (exact) mass is 450 g/mol. The van der Waals surface area contributed by atoms with E-state index in [1.165, 1.54) is 5.69 Å². The van der Waals surface area contributed by atoms with Crippen LogP contribution in [0.1, 0.15) is 13.3 Å². The smallest absolute Gasteiger partial charge is 0.229 e. The summed E-state index contributed by atoms with van der Waals surface area (Å²) in [6.45, 7) is 8.82. The predicted molar refractivity (Wildman–Crippen MR) is 127 cm³/mol. The average Bonchev–Trinajstić information content (AvgIpc) is 3.26. The van der Waals surface area contributed by atoms with E-state index in [9.17, 15) is 9.59 Å². The highest BCUT2D eigenvalue weighted by molar-refractivity contribution is 6.03. The number of likely N-dealkylation sites (N-methyl/N-ethyl adjacent to an activating group) is 1. The van der Waals surface area contributed by atoms with Crippen molar-refractivity contribution in [2.45, 2.75) is 13.3 Å². The van der Waals surface area contributed by atoms with Crippen molar-refractivity contribution in [3.05, 3.63) is 42.5 Å². The van der Waals surface area contributed by atoms with E-state index in [0.717, 1.165) is 44.1 Å². The number of nitrogens with one attached hydrogen (secondary N) is 1. The van der Waals surface area contributed by atoms with E-state index in [1.807, 2.05) is 30.3 Å². The van der Waals surface area contributed by atoms with Gasteiger partial charge in [0, 0.05) is 62.3 Å². The molecule has 174 valence electrons. The number of rotatable bonds is 5. The summed E-state index contributed by atoms with van der Waals surface area (Å²) in [5.74, 6) is 0.728. The van der Waals surface area contributed by atoms with Gasteiger partial charge in [-0.15, -0.1) is 0 Å². The van der Waals surface area contributed by atoms with Gasteiger partial charge in [0.2, 0.25) is 11.8 Å². The minimum absolute atomic E-state index is 0.0617. The van der Waals surface area contributed by atoms with E-state index < -0.39 is 5.92 Å². The molecular formula is C25H30N4O4. The molecule has 2 fully saturated rings. The van der Waals surface area contributed by atoms with Gasteiger partial charge in [0.05, 0.1) is 5.92 Å². The Morgan fingerprint density at radius 3 is 2.39 bits per heavy atom. The van der Waals surface area contributed by atoms with Gasteiger partial charge in [0.1, 0.15) is 13.2 Å². The summed E-state index contributed by atoms with van der Waals surface area (Å²) in [6, 6.07) is 13.4. The van der Waals surface area contributed by atoms with Gasteiger partial charge in [0.15, 0.2) is 11.5 Å². The number of ether oxygens (including phenoxy) is 2. The number of carbonyl (C=O) groups is 2. The Balaban J connectivity index is 1.19. The number of benzene rings is 2. The lowest BCUT2D eigenvalue weighted by molar-refractivity contribution is -0.122. The van der Waals surface area contributed by atoms with Crippen LogP contribution in [0.15, 0.2) is 42.5 Å². The second kappa shape index (κ2) is 9.31. The highest BCUT2D eigenvalue weighted by atomic mass is 16.6. The molecule has 33 heavy (non-hydrogen) atoms. The minimum atomic E-state index is -0.396. The molecule has 3 aliphatic heterocycles. The number of hydrogen-bond acceptors (Lipinski definition) is 6. The predicted octanol–water partition coefficient (Wildman–Crippen LogP) is 2.59. The first-order valence-corrected chi connectivity index (χ1v) is 11.7. The molecule has 3 aliphatic rings. The van der Waals surface area contributed by atoms with Crippen molar-refractivity contribution in [1.29, 1.82) is 0 Å². The fourth-order valence-corrected chi connectivity index (χ4v) is 4.65. The lowest BCUT2D eigenvalue weighted by atomic mass is 10.1.